The summed E-state index contributed by atoms with van der Waals surface area (Å²) in [5.41, 5.74) is 10.9. The number of para-hydroxylation sites is 1. The average molecular weight is 572 g/mol. The topological polar surface area (TPSA) is 84.3 Å². The van der Waals surface area contributed by atoms with Crippen LogP contribution in [0.2, 0.25) is 5.02 Å². The van der Waals surface area contributed by atoms with E-state index in [0.29, 0.717) is 0 Å². The van der Waals surface area contributed by atoms with Crippen LogP contribution in [0.5, 0.6) is 0 Å². The summed E-state index contributed by atoms with van der Waals surface area (Å²) in [6, 6.07) is 15.1. The molecule has 5 rings (SSSR count). The SMILES string of the molecule is Cl.Cl.NC(=O)C1(N2CCCCC2)CCN(CCCN2c3ccccc3CCc3ccc(Cl)cc32)CC1.O. The number of hydrogen-bond acceptors (Lipinski definition) is 4. The molecule has 9 heteroatoms. The molecule has 3 aliphatic heterocycles. The standard InChI is InChI=1S/C28H37ClN4O.2ClH.H2O/c29-24-12-11-23-10-9-22-7-2-3-8-25(22)33(26(23)21-24)18-6-15-31-19-13-28(14-20-31,27(30)34)32-16-4-1-5-17-32;;;/h2-3,7-8,11-12,21H,1,4-6,9-10,13-20H2,(H2,30,34);2*1H;1H2. The lowest BCUT2D eigenvalue weighted by atomic mass is 9.83. The molecule has 206 valence electrons. The van der Waals surface area contributed by atoms with Crippen LogP contribution in [-0.4, -0.2) is 66.0 Å². The molecule has 4 N–H and O–H groups in total. The highest BCUT2D eigenvalue weighted by atomic mass is 35.5. The van der Waals surface area contributed by atoms with Crippen LogP contribution in [0, 0.1) is 0 Å². The summed E-state index contributed by atoms with van der Waals surface area (Å²) in [4.78, 5) is 19.9. The molecule has 0 bridgehead atoms. The van der Waals surface area contributed by atoms with Gasteiger partial charge >= 0.3 is 0 Å². The normalized spacial score (nSPS) is 19.2. The molecule has 0 spiro atoms. The van der Waals surface area contributed by atoms with Gasteiger partial charge in [0.05, 0.1) is 0 Å². The number of anilines is 2. The van der Waals surface area contributed by atoms with Crippen LogP contribution < -0.4 is 10.6 Å². The van der Waals surface area contributed by atoms with Crippen LogP contribution in [0.3, 0.4) is 0 Å². The fraction of sp³-hybridized carbons (Fsp3) is 0.536. The lowest BCUT2D eigenvalue weighted by Gasteiger charge is -2.48. The Labute approximate surface area is 238 Å². The quantitative estimate of drug-likeness (QED) is 0.540. The Balaban J connectivity index is 0.00000160. The number of piperidine rings is 2. The molecule has 0 saturated carbocycles. The van der Waals surface area contributed by atoms with Crippen molar-refractivity contribution in [3.63, 3.8) is 0 Å². The van der Waals surface area contributed by atoms with Crippen molar-refractivity contribution in [1.82, 2.24) is 9.80 Å². The zero-order valence-electron chi connectivity index (χ0n) is 21.5. The van der Waals surface area contributed by atoms with Gasteiger partial charge in [-0.1, -0.05) is 42.3 Å². The minimum absolute atomic E-state index is 0. The fourth-order valence-corrected chi connectivity index (χ4v) is 6.43. The highest BCUT2D eigenvalue weighted by molar-refractivity contribution is 6.30. The number of carbonyl (C=O) groups excluding carboxylic acids is 1. The first-order chi connectivity index (χ1) is 16.6. The Morgan fingerprint density at radius 1 is 0.865 bits per heavy atom. The lowest BCUT2D eigenvalue weighted by molar-refractivity contribution is -0.134. The molecule has 2 aromatic carbocycles. The van der Waals surface area contributed by atoms with E-state index in [2.05, 4.69) is 51.1 Å². The Hall–Kier alpha value is -1.54. The highest BCUT2D eigenvalue weighted by Crippen LogP contribution is 2.38. The van der Waals surface area contributed by atoms with Crippen molar-refractivity contribution in [2.45, 2.75) is 56.9 Å². The number of likely N-dealkylation sites (tertiary alicyclic amines) is 2. The lowest BCUT2D eigenvalue weighted by Crippen LogP contribution is -2.63. The summed E-state index contributed by atoms with van der Waals surface area (Å²) >= 11 is 6.42. The van der Waals surface area contributed by atoms with Gasteiger partial charge < -0.3 is 21.0 Å². The van der Waals surface area contributed by atoms with Crippen molar-refractivity contribution in [2.75, 3.05) is 44.2 Å². The van der Waals surface area contributed by atoms with Gasteiger partial charge in [0.25, 0.3) is 0 Å². The minimum atomic E-state index is -0.434. The van der Waals surface area contributed by atoms with E-state index in [4.69, 9.17) is 17.3 Å². The van der Waals surface area contributed by atoms with E-state index in [9.17, 15) is 4.79 Å². The number of aryl methyl sites for hydroxylation is 2. The Morgan fingerprint density at radius 2 is 1.51 bits per heavy atom. The van der Waals surface area contributed by atoms with Crippen molar-refractivity contribution in [2.24, 2.45) is 5.73 Å². The number of hydrogen-bond donors (Lipinski definition) is 1. The molecule has 1 amide bonds. The molecule has 0 radical (unpaired) electrons. The molecule has 2 fully saturated rings. The molecule has 0 unspecified atom stereocenters. The third-order valence-electron chi connectivity index (χ3n) is 8.24. The Kier molecular flexibility index (Phi) is 12.0. The number of benzene rings is 2. The molecule has 3 heterocycles. The second-order valence-corrected chi connectivity index (χ2v) is 10.6. The highest BCUT2D eigenvalue weighted by Gasteiger charge is 2.44. The number of halogens is 3. The average Bonchev–Trinajstić information content (AvgIpc) is 3.02. The van der Waals surface area contributed by atoms with E-state index in [-0.39, 0.29) is 36.2 Å². The number of nitrogens with two attached hydrogens (primary N) is 1. The van der Waals surface area contributed by atoms with Crippen LogP contribution in [0.25, 0.3) is 0 Å². The van der Waals surface area contributed by atoms with Gasteiger partial charge in [-0.15, -0.1) is 24.8 Å². The summed E-state index contributed by atoms with van der Waals surface area (Å²) in [5.74, 6) is -0.122. The van der Waals surface area contributed by atoms with Crippen LogP contribution in [0.15, 0.2) is 42.5 Å². The third-order valence-corrected chi connectivity index (χ3v) is 8.48. The molecule has 2 aromatic rings. The zero-order chi connectivity index (χ0) is 23.5. The second kappa shape index (κ2) is 14.0. The number of primary amides is 1. The summed E-state index contributed by atoms with van der Waals surface area (Å²) in [6.45, 7) is 5.90. The monoisotopic (exact) mass is 570 g/mol. The van der Waals surface area contributed by atoms with Crippen LogP contribution in [0.4, 0.5) is 11.4 Å². The van der Waals surface area contributed by atoms with E-state index < -0.39 is 5.54 Å². The first kappa shape index (κ1) is 31.7. The summed E-state index contributed by atoms with van der Waals surface area (Å²) < 4.78 is 0. The van der Waals surface area contributed by atoms with Crippen LogP contribution in [0.1, 0.15) is 49.7 Å². The smallest absolute Gasteiger partial charge is 0.238 e. The van der Waals surface area contributed by atoms with Gasteiger partial charge in [0, 0.05) is 36.0 Å². The van der Waals surface area contributed by atoms with Crippen molar-refractivity contribution in [1.29, 1.82) is 0 Å². The van der Waals surface area contributed by atoms with Crippen molar-refractivity contribution >= 4 is 53.7 Å². The summed E-state index contributed by atoms with van der Waals surface area (Å²) in [6.07, 6.45) is 8.50. The molecule has 3 aliphatic rings. The molecule has 0 aromatic heterocycles. The molecule has 6 nitrogen and oxygen atoms in total. The van der Waals surface area contributed by atoms with Gasteiger partial charge in [0.2, 0.25) is 5.91 Å². The Bertz CT molecular complexity index is 1020. The number of amides is 1. The molecule has 0 aliphatic carbocycles. The van der Waals surface area contributed by atoms with Crippen molar-refractivity contribution in [3.05, 3.63) is 58.6 Å². The van der Waals surface area contributed by atoms with Crippen LogP contribution >= 0.6 is 36.4 Å². The summed E-state index contributed by atoms with van der Waals surface area (Å²) in [7, 11) is 0. The predicted molar refractivity (Wildman–Crippen MR) is 158 cm³/mol. The Morgan fingerprint density at radius 3 is 2.19 bits per heavy atom. The first-order valence-electron chi connectivity index (χ1n) is 13.0. The molecule has 37 heavy (non-hydrogen) atoms. The second-order valence-electron chi connectivity index (χ2n) is 10.2. The van der Waals surface area contributed by atoms with Gasteiger partial charge in [0.15, 0.2) is 0 Å². The van der Waals surface area contributed by atoms with Crippen molar-refractivity contribution in [3.8, 4) is 0 Å². The van der Waals surface area contributed by atoms with E-state index in [1.807, 2.05) is 6.07 Å². The van der Waals surface area contributed by atoms with Gasteiger partial charge in [-0.3, -0.25) is 9.69 Å². The molecule has 2 saturated heterocycles. The zero-order valence-corrected chi connectivity index (χ0v) is 23.9. The molecular formula is C28H41Cl3N4O2. The van der Waals surface area contributed by atoms with Crippen LogP contribution in [-0.2, 0) is 17.6 Å². The van der Waals surface area contributed by atoms with Gasteiger partial charge in [0.1, 0.15) is 5.54 Å². The van der Waals surface area contributed by atoms with Gasteiger partial charge in [-0.2, -0.15) is 0 Å². The maximum Gasteiger partial charge on any atom is 0.238 e. The molecular weight excluding hydrogens is 531 g/mol. The molecule has 0 atom stereocenters. The van der Waals surface area contributed by atoms with E-state index in [1.165, 1.54) is 41.8 Å². The van der Waals surface area contributed by atoms with E-state index in [1.54, 1.807) is 0 Å². The van der Waals surface area contributed by atoms with Crippen molar-refractivity contribution < 1.29 is 10.3 Å². The fourth-order valence-electron chi connectivity index (χ4n) is 6.26. The van der Waals surface area contributed by atoms with Gasteiger partial charge in [-0.05, 0) is 93.9 Å². The maximum atomic E-state index is 12.5. The summed E-state index contributed by atoms with van der Waals surface area (Å²) in [5, 5.41) is 0.791. The number of rotatable bonds is 6. The van der Waals surface area contributed by atoms with E-state index in [0.717, 1.165) is 76.4 Å². The number of carbonyl (C=O) groups is 1. The largest absolute Gasteiger partial charge is 0.412 e. The predicted octanol–water partition coefficient (Wildman–Crippen LogP) is 4.79. The van der Waals surface area contributed by atoms with Gasteiger partial charge in [-0.25, -0.2) is 0 Å². The number of fused-ring (bicyclic) bond motifs is 2. The maximum absolute atomic E-state index is 12.5. The third kappa shape index (κ3) is 6.73. The first-order valence-corrected chi connectivity index (χ1v) is 13.4. The van der Waals surface area contributed by atoms with E-state index >= 15 is 0 Å². The number of nitrogens with zero attached hydrogens (tertiary/aromatic N) is 3. The minimum Gasteiger partial charge on any atom is -0.412 e.